The monoisotopic (exact) mass is 995 g/mol. The van der Waals surface area contributed by atoms with Crippen molar-refractivity contribution in [2.45, 2.75) is 10.8 Å². The van der Waals surface area contributed by atoms with Crippen molar-refractivity contribution in [3.63, 3.8) is 0 Å². The topological polar surface area (TPSA) is 34.8 Å². The van der Waals surface area contributed by atoms with Crippen molar-refractivity contribution in [3.05, 3.63) is 317 Å². The number of hydrogen-bond donors (Lipinski definition) is 0. The maximum Gasteiger partial charge on any atom is 0.143 e. The third kappa shape index (κ3) is 5.78. The van der Waals surface area contributed by atoms with Crippen molar-refractivity contribution in [2.75, 3.05) is 4.90 Å². The molecule has 0 saturated heterocycles. The van der Waals surface area contributed by atoms with E-state index in [9.17, 15) is 0 Å². The van der Waals surface area contributed by atoms with Gasteiger partial charge >= 0.3 is 0 Å². The van der Waals surface area contributed by atoms with Crippen LogP contribution in [0.25, 0.3) is 66.4 Å². The molecule has 17 rings (SSSR count). The van der Waals surface area contributed by atoms with E-state index in [2.05, 4.69) is 266 Å². The van der Waals surface area contributed by atoms with Gasteiger partial charge in [0.1, 0.15) is 34.2 Å². The SMILES string of the molecule is c1cc(-c2ccc3c(c2)C2(c4ccccc4Oc4ccccc42)c2ccccc2-3)cc(N(c2ccc(-c3cccc4c3oc3ccccc34)cc2)c2ccc3c(c2)C2(c4ccccc4Oc4ccccc42)c2ccccc2-3)c1. The van der Waals surface area contributed by atoms with Gasteiger partial charge in [0.25, 0.3) is 0 Å². The fourth-order valence-corrected chi connectivity index (χ4v) is 14.1. The zero-order valence-corrected chi connectivity index (χ0v) is 42.2. The summed E-state index contributed by atoms with van der Waals surface area (Å²) < 4.78 is 20.0. The molecule has 13 aromatic rings. The van der Waals surface area contributed by atoms with Crippen LogP contribution < -0.4 is 14.4 Å². The molecule has 4 aliphatic rings. The van der Waals surface area contributed by atoms with Crippen LogP contribution >= 0.6 is 0 Å². The fraction of sp³-hybridized carbons (Fsp3) is 0.0270. The first kappa shape index (κ1) is 43.1. The zero-order chi connectivity index (χ0) is 51.1. The van der Waals surface area contributed by atoms with E-state index in [1.54, 1.807) is 0 Å². The molecule has 0 unspecified atom stereocenters. The first-order valence-corrected chi connectivity index (χ1v) is 26.8. The second-order valence-electron chi connectivity index (χ2n) is 21.0. The van der Waals surface area contributed by atoms with Gasteiger partial charge in [-0.05, 0) is 134 Å². The lowest BCUT2D eigenvalue weighted by Crippen LogP contribution is -2.32. The first-order valence-electron chi connectivity index (χ1n) is 26.8. The molecule has 2 aliphatic carbocycles. The van der Waals surface area contributed by atoms with E-state index in [1.165, 1.54) is 44.5 Å². The molecule has 1 aromatic heterocycles. The molecule has 0 atom stereocenters. The van der Waals surface area contributed by atoms with Crippen molar-refractivity contribution < 1.29 is 13.9 Å². The highest BCUT2D eigenvalue weighted by Crippen LogP contribution is 2.64. The first-order chi connectivity index (χ1) is 38.7. The quantitative estimate of drug-likeness (QED) is 0.172. The smallest absolute Gasteiger partial charge is 0.143 e. The molecule has 2 aliphatic heterocycles. The van der Waals surface area contributed by atoms with Gasteiger partial charge in [0.15, 0.2) is 0 Å². The van der Waals surface area contributed by atoms with Gasteiger partial charge in [0.05, 0.1) is 10.8 Å². The van der Waals surface area contributed by atoms with Gasteiger partial charge in [-0.15, -0.1) is 0 Å². The van der Waals surface area contributed by atoms with Crippen LogP contribution in [0, 0.1) is 0 Å². The highest BCUT2D eigenvalue weighted by atomic mass is 16.5. The van der Waals surface area contributed by atoms with Crippen molar-refractivity contribution in [2.24, 2.45) is 0 Å². The van der Waals surface area contributed by atoms with Gasteiger partial charge in [-0.25, -0.2) is 0 Å². The molecule has 78 heavy (non-hydrogen) atoms. The molecule has 0 bridgehead atoms. The van der Waals surface area contributed by atoms with Gasteiger partial charge in [0, 0.05) is 55.7 Å². The van der Waals surface area contributed by atoms with Crippen LogP contribution in [0.15, 0.2) is 277 Å². The minimum absolute atomic E-state index is 0.579. The Morgan fingerprint density at radius 3 is 1.29 bits per heavy atom. The molecule has 4 nitrogen and oxygen atoms in total. The van der Waals surface area contributed by atoms with Crippen molar-refractivity contribution in [1.29, 1.82) is 0 Å². The Morgan fingerprint density at radius 2 is 0.679 bits per heavy atom. The van der Waals surface area contributed by atoms with E-state index >= 15 is 0 Å². The Bertz CT molecular complexity index is 4570. The average Bonchev–Trinajstić information content (AvgIpc) is 4.16. The van der Waals surface area contributed by atoms with Gasteiger partial charge < -0.3 is 18.8 Å². The summed E-state index contributed by atoms with van der Waals surface area (Å²) in [6.07, 6.45) is 0. The van der Waals surface area contributed by atoms with Crippen LogP contribution in [0.3, 0.4) is 0 Å². The Labute approximate surface area is 451 Å². The van der Waals surface area contributed by atoms with E-state index < -0.39 is 10.8 Å². The van der Waals surface area contributed by atoms with Crippen molar-refractivity contribution >= 4 is 39.0 Å². The average molecular weight is 996 g/mol. The Kier molecular flexibility index (Phi) is 8.94. The lowest BCUT2D eigenvalue weighted by atomic mass is 9.66. The van der Waals surface area contributed by atoms with Gasteiger partial charge in [-0.1, -0.05) is 200 Å². The molecule has 12 aromatic carbocycles. The molecular formula is C74H45NO3. The van der Waals surface area contributed by atoms with Gasteiger partial charge in [0.2, 0.25) is 0 Å². The highest BCUT2D eigenvalue weighted by Gasteiger charge is 2.53. The number of anilines is 3. The molecule has 0 saturated carbocycles. The maximum atomic E-state index is 6.75. The van der Waals surface area contributed by atoms with Gasteiger partial charge in [-0.2, -0.15) is 0 Å². The summed E-state index contributed by atoms with van der Waals surface area (Å²) in [5.41, 5.74) is 22.6. The number of fused-ring (bicyclic) bond motifs is 21. The minimum Gasteiger partial charge on any atom is -0.457 e. The van der Waals surface area contributed by atoms with E-state index in [1.807, 2.05) is 12.1 Å². The standard InChI is InChI=1S/C74H45NO3/c1-4-24-59-53(19-1)55-41-37-48(44-65(55)73(59)61-26-6-11-31-68(61)76-69-32-12-7-27-62(69)73)47-17-15-18-50(43-47)75(49-38-35-46(36-39-49)52-22-16-23-58-57-21-3-10-30-67(57)78-72(52)58)51-40-42-56-54-20-2-5-25-60(54)74(66(56)45-51)63-28-8-13-33-70(63)77-71-34-14-9-29-64(71)74/h1-45H. The lowest BCUT2D eigenvalue weighted by Gasteiger charge is -2.39. The zero-order valence-electron chi connectivity index (χ0n) is 42.2. The van der Waals surface area contributed by atoms with Gasteiger partial charge in [-0.3, -0.25) is 0 Å². The normalized spacial score (nSPS) is 14.1. The van der Waals surface area contributed by atoms with Crippen LogP contribution in [-0.2, 0) is 10.8 Å². The summed E-state index contributed by atoms with van der Waals surface area (Å²) >= 11 is 0. The van der Waals surface area contributed by atoms with E-state index in [0.29, 0.717) is 0 Å². The van der Waals surface area contributed by atoms with Crippen molar-refractivity contribution in [3.8, 4) is 67.5 Å². The predicted molar refractivity (Wildman–Crippen MR) is 314 cm³/mol. The molecule has 4 heteroatoms. The van der Waals surface area contributed by atoms with Crippen LogP contribution in [0.1, 0.15) is 44.5 Å². The molecule has 0 N–H and O–H groups in total. The molecule has 0 radical (unpaired) electrons. The summed E-state index contributed by atoms with van der Waals surface area (Å²) in [5, 5.41) is 2.23. The second-order valence-corrected chi connectivity index (χ2v) is 21.0. The summed E-state index contributed by atoms with van der Waals surface area (Å²) in [7, 11) is 0. The molecular weight excluding hydrogens is 951 g/mol. The van der Waals surface area contributed by atoms with Crippen molar-refractivity contribution in [1.82, 2.24) is 0 Å². The lowest BCUT2D eigenvalue weighted by molar-refractivity contribution is 0.436. The second kappa shape index (κ2) is 16.2. The largest absolute Gasteiger partial charge is 0.457 e. The molecule has 2 spiro atoms. The molecule has 0 fully saturated rings. The predicted octanol–water partition coefficient (Wildman–Crippen LogP) is 19.3. The Hall–Kier alpha value is -10.2. The summed E-state index contributed by atoms with van der Waals surface area (Å²) in [5.74, 6) is 3.51. The number of rotatable bonds is 5. The summed E-state index contributed by atoms with van der Waals surface area (Å²) in [6.45, 7) is 0. The number of nitrogens with zero attached hydrogens (tertiary/aromatic N) is 1. The Balaban J connectivity index is 0.869. The molecule has 0 amide bonds. The number of furan rings is 1. The van der Waals surface area contributed by atoms with E-state index in [0.717, 1.165) is 107 Å². The number of para-hydroxylation sites is 6. The van der Waals surface area contributed by atoms with Crippen LogP contribution in [0.2, 0.25) is 0 Å². The number of benzene rings is 12. The Morgan fingerprint density at radius 1 is 0.256 bits per heavy atom. The minimum atomic E-state index is -0.630. The number of ether oxygens (including phenoxy) is 2. The summed E-state index contributed by atoms with van der Waals surface area (Å²) in [4.78, 5) is 2.43. The third-order valence-electron chi connectivity index (χ3n) is 17.2. The highest BCUT2D eigenvalue weighted by molar-refractivity contribution is 6.09. The fourth-order valence-electron chi connectivity index (χ4n) is 14.1. The van der Waals surface area contributed by atoms with E-state index in [-0.39, 0.29) is 0 Å². The van der Waals surface area contributed by atoms with Crippen LogP contribution in [0.5, 0.6) is 23.0 Å². The van der Waals surface area contributed by atoms with E-state index in [4.69, 9.17) is 13.9 Å². The summed E-state index contributed by atoms with van der Waals surface area (Å²) in [6, 6.07) is 99.2. The maximum absolute atomic E-state index is 6.75. The molecule has 3 heterocycles. The van der Waals surface area contributed by atoms with Crippen LogP contribution in [0.4, 0.5) is 17.1 Å². The third-order valence-corrected chi connectivity index (χ3v) is 17.2. The van der Waals surface area contributed by atoms with Crippen LogP contribution in [-0.4, -0.2) is 0 Å². The molecule has 364 valence electrons. The number of hydrogen-bond acceptors (Lipinski definition) is 4.